The standard InChI is InChI=1S/C15H24BrNO/c1-4-9-17-12-15(3,5-2)18-11-13-7-6-8-14(16)10-13/h6-8,10,17H,4-5,9,11-12H2,1-3H3. The first-order valence-corrected chi connectivity index (χ1v) is 7.48. The molecule has 1 rings (SSSR count). The molecular formula is C15H24BrNO. The fraction of sp³-hybridized carbons (Fsp3) is 0.600. The lowest BCUT2D eigenvalue weighted by atomic mass is 10.0. The molecule has 3 heteroatoms. The SMILES string of the molecule is CCCNCC(C)(CC)OCc1cccc(Br)c1. The van der Waals surface area contributed by atoms with Gasteiger partial charge in [0.2, 0.25) is 0 Å². The van der Waals surface area contributed by atoms with Crippen LogP contribution in [0.1, 0.15) is 39.2 Å². The van der Waals surface area contributed by atoms with E-state index in [1.165, 1.54) is 5.56 Å². The van der Waals surface area contributed by atoms with Crippen molar-refractivity contribution in [3.63, 3.8) is 0 Å². The van der Waals surface area contributed by atoms with E-state index < -0.39 is 0 Å². The average molecular weight is 314 g/mol. The number of ether oxygens (including phenoxy) is 1. The van der Waals surface area contributed by atoms with Gasteiger partial charge in [-0.1, -0.05) is 41.9 Å². The molecule has 0 aliphatic rings. The van der Waals surface area contributed by atoms with Crippen LogP contribution < -0.4 is 5.32 Å². The zero-order chi connectivity index (χ0) is 13.4. The summed E-state index contributed by atoms with van der Waals surface area (Å²) < 4.78 is 7.19. The van der Waals surface area contributed by atoms with Gasteiger partial charge in [-0.15, -0.1) is 0 Å². The van der Waals surface area contributed by atoms with E-state index in [1.54, 1.807) is 0 Å². The van der Waals surface area contributed by atoms with Crippen LogP contribution in [0.25, 0.3) is 0 Å². The Morgan fingerprint density at radius 2 is 2.11 bits per heavy atom. The van der Waals surface area contributed by atoms with Crippen molar-refractivity contribution in [1.82, 2.24) is 5.32 Å². The molecule has 0 aliphatic heterocycles. The molecule has 0 aromatic heterocycles. The minimum atomic E-state index is -0.0858. The van der Waals surface area contributed by atoms with Crippen LogP contribution in [-0.2, 0) is 11.3 Å². The molecule has 0 heterocycles. The van der Waals surface area contributed by atoms with Crippen LogP contribution in [-0.4, -0.2) is 18.7 Å². The first kappa shape index (κ1) is 15.7. The minimum Gasteiger partial charge on any atom is -0.369 e. The lowest BCUT2D eigenvalue weighted by molar-refractivity contribution is -0.0442. The molecule has 1 aromatic rings. The maximum absolute atomic E-state index is 6.08. The Hall–Kier alpha value is -0.380. The molecular weight excluding hydrogens is 290 g/mol. The molecule has 0 aliphatic carbocycles. The van der Waals surface area contributed by atoms with E-state index in [0.717, 1.165) is 30.4 Å². The predicted molar refractivity (Wildman–Crippen MR) is 80.8 cm³/mol. The number of rotatable bonds is 8. The van der Waals surface area contributed by atoms with Crippen LogP contribution in [0.3, 0.4) is 0 Å². The van der Waals surface area contributed by atoms with Gasteiger partial charge in [0.15, 0.2) is 0 Å². The van der Waals surface area contributed by atoms with E-state index in [9.17, 15) is 0 Å². The van der Waals surface area contributed by atoms with Gasteiger partial charge in [-0.2, -0.15) is 0 Å². The molecule has 1 unspecified atom stereocenters. The maximum Gasteiger partial charge on any atom is 0.0780 e. The van der Waals surface area contributed by atoms with Crippen molar-refractivity contribution < 1.29 is 4.74 Å². The number of nitrogens with one attached hydrogen (secondary N) is 1. The molecule has 0 fully saturated rings. The van der Waals surface area contributed by atoms with Gasteiger partial charge < -0.3 is 10.1 Å². The summed E-state index contributed by atoms with van der Waals surface area (Å²) in [4.78, 5) is 0. The second-order valence-electron chi connectivity index (χ2n) is 4.90. The molecule has 1 N–H and O–H groups in total. The zero-order valence-corrected chi connectivity index (χ0v) is 13.2. The van der Waals surface area contributed by atoms with E-state index in [4.69, 9.17) is 4.74 Å². The van der Waals surface area contributed by atoms with Gasteiger partial charge in [-0.05, 0) is 44.0 Å². The predicted octanol–water partition coefficient (Wildman–Crippen LogP) is 4.13. The highest BCUT2D eigenvalue weighted by Gasteiger charge is 2.22. The van der Waals surface area contributed by atoms with E-state index in [0.29, 0.717) is 6.61 Å². The van der Waals surface area contributed by atoms with Gasteiger partial charge in [0.1, 0.15) is 0 Å². The molecule has 0 amide bonds. The van der Waals surface area contributed by atoms with E-state index >= 15 is 0 Å². The molecule has 102 valence electrons. The first-order chi connectivity index (χ1) is 8.59. The maximum atomic E-state index is 6.08. The second-order valence-corrected chi connectivity index (χ2v) is 5.81. The van der Waals surface area contributed by atoms with Crippen molar-refractivity contribution in [1.29, 1.82) is 0 Å². The summed E-state index contributed by atoms with van der Waals surface area (Å²) in [6, 6.07) is 8.28. The van der Waals surface area contributed by atoms with Crippen LogP contribution >= 0.6 is 15.9 Å². The number of halogens is 1. The monoisotopic (exact) mass is 313 g/mol. The lowest BCUT2D eigenvalue weighted by Gasteiger charge is -2.29. The summed E-state index contributed by atoms with van der Waals surface area (Å²) >= 11 is 3.48. The molecule has 0 saturated carbocycles. The first-order valence-electron chi connectivity index (χ1n) is 6.69. The van der Waals surface area contributed by atoms with Crippen molar-refractivity contribution in [3.05, 3.63) is 34.3 Å². The van der Waals surface area contributed by atoms with Gasteiger partial charge in [-0.25, -0.2) is 0 Å². The Morgan fingerprint density at radius 1 is 1.33 bits per heavy atom. The Kier molecular flexibility index (Phi) is 6.90. The molecule has 0 spiro atoms. The summed E-state index contributed by atoms with van der Waals surface area (Å²) in [6.07, 6.45) is 2.17. The molecule has 0 bridgehead atoms. The molecule has 1 aromatic carbocycles. The van der Waals surface area contributed by atoms with Crippen molar-refractivity contribution in [2.75, 3.05) is 13.1 Å². The van der Waals surface area contributed by atoms with Crippen LogP contribution in [0.5, 0.6) is 0 Å². The van der Waals surface area contributed by atoms with Crippen molar-refractivity contribution in [2.45, 2.75) is 45.8 Å². The third-order valence-electron chi connectivity index (χ3n) is 3.15. The molecule has 1 atom stereocenters. The molecule has 0 radical (unpaired) electrons. The summed E-state index contributed by atoms with van der Waals surface area (Å²) in [5, 5.41) is 3.44. The topological polar surface area (TPSA) is 21.3 Å². The van der Waals surface area contributed by atoms with Crippen LogP contribution in [0, 0.1) is 0 Å². The summed E-state index contributed by atoms with van der Waals surface area (Å²) in [7, 11) is 0. The number of hydrogen-bond donors (Lipinski definition) is 1. The highest BCUT2D eigenvalue weighted by molar-refractivity contribution is 9.10. The molecule has 2 nitrogen and oxygen atoms in total. The van der Waals surface area contributed by atoms with E-state index in [-0.39, 0.29) is 5.60 Å². The third kappa shape index (κ3) is 5.51. The minimum absolute atomic E-state index is 0.0858. The normalized spacial score (nSPS) is 14.4. The van der Waals surface area contributed by atoms with Gasteiger partial charge >= 0.3 is 0 Å². The van der Waals surface area contributed by atoms with Crippen LogP contribution in [0.4, 0.5) is 0 Å². The Morgan fingerprint density at radius 3 is 2.72 bits per heavy atom. The second kappa shape index (κ2) is 7.93. The Labute approximate surface area is 119 Å². The largest absolute Gasteiger partial charge is 0.369 e. The fourth-order valence-corrected chi connectivity index (χ4v) is 2.14. The zero-order valence-electron chi connectivity index (χ0n) is 11.6. The Balaban J connectivity index is 2.47. The highest BCUT2D eigenvalue weighted by Crippen LogP contribution is 2.18. The van der Waals surface area contributed by atoms with Crippen molar-refractivity contribution in [2.24, 2.45) is 0 Å². The van der Waals surface area contributed by atoms with E-state index in [1.807, 2.05) is 12.1 Å². The summed E-state index contributed by atoms with van der Waals surface area (Å²) in [6.45, 7) is 9.15. The van der Waals surface area contributed by atoms with Gasteiger partial charge in [0.25, 0.3) is 0 Å². The average Bonchev–Trinajstić information content (AvgIpc) is 2.37. The van der Waals surface area contributed by atoms with Crippen molar-refractivity contribution >= 4 is 15.9 Å². The molecule has 0 saturated heterocycles. The Bertz CT molecular complexity index is 356. The summed E-state index contributed by atoms with van der Waals surface area (Å²) in [5.41, 5.74) is 1.12. The molecule has 18 heavy (non-hydrogen) atoms. The van der Waals surface area contributed by atoms with Gasteiger partial charge in [0.05, 0.1) is 12.2 Å². The summed E-state index contributed by atoms with van der Waals surface area (Å²) in [5.74, 6) is 0. The lowest BCUT2D eigenvalue weighted by Crippen LogP contribution is -2.40. The van der Waals surface area contributed by atoms with Crippen LogP contribution in [0.15, 0.2) is 28.7 Å². The van der Waals surface area contributed by atoms with E-state index in [2.05, 4.69) is 54.2 Å². The quantitative estimate of drug-likeness (QED) is 0.728. The van der Waals surface area contributed by atoms with Gasteiger partial charge in [-0.3, -0.25) is 0 Å². The van der Waals surface area contributed by atoms with Crippen molar-refractivity contribution in [3.8, 4) is 0 Å². The highest BCUT2D eigenvalue weighted by atomic mass is 79.9. The number of benzene rings is 1. The fourth-order valence-electron chi connectivity index (χ4n) is 1.69. The number of hydrogen-bond acceptors (Lipinski definition) is 2. The smallest absolute Gasteiger partial charge is 0.0780 e. The van der Waals surface area contributed by atoms with Crippen LogP contribution in [0.2, 0.25) is 0 Å². The van der Waals surface area contributed by atoms with Gasteiger partial charge in [0, 0.05) is 11.0 Å². The third-order valence-corrected chi connectivity index (χ3v) is 3.64.